The van der Waals surface area contributed by atoms with E-state index in [1.807, 2.05) is 0 Å². The topological polar surface area (TPSA) is 68.0 Å². The molecule has 0 bridgehead atoms. The molecule has 1 amide bonds. The second kappa shape index (κ2) is 2.58. The number of aryl methyl sites for hydroxylation is 1. The largest absolute Gasteiger partial charge is 0.423 e. The molecule has 0 radical (unpaired) electrons. The van der Waals surface area contributed by atoms with Crippen LogP contribution in [0, 0.1) is 6.92 Å². The van der Waals surface area contributed by atoms with Gasteiger partial charge in [-0.3, -0.25) is 4.79 Å². The Bertz CT molecular complexity index is 307. The highest BCUT2D eigenvalue weighted by molar-refractivity contribution is 5.78. The van der Waals surface area contributed by atoms with E-state index >= 15 is 0 Å². The van der Waals surface area contributed by atoms with Crippen LogP contribution in [0.25, 0.3) is 0 Å². The van der Waals surface area contributed by atoms with Crippen molar-refractivity contribution in [1.29, 1.82) is 0 Å². The predicted octanol–water partition coefficient (Wildman–Crippen LogP) is 0.329. The van der Waals surface area contributed by atoms with Crippen LogP contribution in [0.4, 0.5) is 0 Å². The van der Waals surface area contributed by atoms with Crippen molar-refractivity contribution in [3.8, 4) is 0 Å². The molecule has 5 heteroatoms. The summed E-state index contributed by atoms with van der Waals surface area (Å²) < 4.78 is 5.18. The number of hydrogen-bond donors (Lipinski definition) is 1. The van der Waals surface area contributed by atoms with Gasteiger partial charge in [0.05, 0.1) is 0 Å². The molecule has 1 aliphatic rings. The zero-order chi connectivity index (χ0) is 8.55. The maximum absolute atomic E-state index is 10.8. The van der Waals surface area contributed by atoms with Gasteiger partial charge in [0.2, 0.25) is 17.7 Å². The predicted molar refractivity (Wildman–Crippen MR) is 39.2 cm³/mol. The van der Waals surface area contributed by atoms with Gasteiger partial charge in [-0.05, 0) is 6.42 Å². The number of hydrogen-bond acceptors (Lipinski definition) is 4. The second-order valence-electron chi connectivity index (χ2n) is 2.82. The van der Waals surface area contributed by atoms with E-state index in [1.165, 1.54) is 0 Å². The lowest BCUT2D eigenvalue weighted by molar-refractivity contribution is -0.119. The van der Waals surface area contributed by atoms with Crippen LogP contribution >= 0.6 is 0 Å². The third kappa shape index (κ3) is 1.17. The van der Waals surface area contributed by atoms with Crippen molar-refractivity contribution >= 4 is 5.91 Å². The summed E-state index contributed by atoms with van der Waals surface area (Å²) in [5.41, 5.74) is 0. The number of nitrogens with one attached hydrogen (secondary N) is 1. The Kier molecular flexibility index (Phi) is 1.56. The molecule has 0 saturated carbocycles. The zero-order valence-corrected chi connectivity index (χ0v) is 6.70. The normalized spacial score (nSPS) is 22.8. The fourth-order valence-electron chi connectivity index (χ4n) is 1.25. The Hall–Kier alpha value is -1.39. The van der Waals surface area contributed by atoms with E-state index in [9.17, 15) is 4.79 Å². The van der Waals surface area contributed by atoms with Crippen LogP contribution in [0.3, 0.4) is 0 Å². The number of aromatic nitrogens is 2. The minimum absolute atomic E-state index is 0.0517. The third-order valence-electron chi connectivity index (χ3n) is 1.84. The highest BCUT2D eigenvalue weighted by Crippen LogP contribution is 2.21. The quantitative estimate of drug-likeness (QED) is 0.654. The summed E-state index contributed by atoms with van der Waals surface area (Å²) in [5, 5.41) is 10.3. The van der Waals surface area contributed by atoms with Crippen LogP contribution in [-0.4, -0.2) is 16.1 Å². The fourth-order valence-corrected chi connectivity index (χ4v) is 1.25. The molecule has 64 valence electrons. The summed E-state index contributed by atoms with van der Waals surface area (Å²) in [5.74, 6) is 1.10. The molecule has 1 aromatic heterocycles. The van der Waals surface area contributed by atoms with E-state index in [0.29, 0.717) is 18.2 Å². The van der Waals surface area contributed by atoms with Gasteiger partial charge >= 0.3 is 0 Å². The van der Waals surface area contributed by atoms with Crippen molar-refractivity contribution in [2.24, 2.45) is 0 Å². The minimum Gasteiger partial charge on any atom is -0.423 e. The summed E-state index contributed by atoms with van der Waals surface area (Å²) >= 11 is 0. The van der Waals surface area contributed by atoms with Gasteiger partial charge in [0, 0.05) is 13.3 Å². The lowest BCUT2D eigenvalue weighted by Gasteiger charge is -2.01. The molecule has 0 aromatic carbocycles. The molecule has 0 spiro atoms. The van der Waals surface area contributed by atoms with Crippen LogP contribution in [0.5, 0.6) is 0 Å². The van der Waals surface area contributed by atoms with Gasteiger partial charge in [-0.1, -0.05) is 0 Å². The highest BCUT2D eigenvalue weighted by Gasteiger charge is 2.26. The maximum atomic E-state index is 10.8. The molecule has 2 heterocycles. The molecule has 2 rings (SSSR count). The van der Waals surface area contributed by atoms with Crippen molar-refractivity contribution in [1.82, 2.24) is 15.5 Å². The van der Waals surface area contributed by atoms with Gasteiger partial charge < -0.3 is 9.73 Å². The second-order valence-corrected chi connectivity index (χ2v) is 2.82. The summed E-state index contributed by atoms with van der Waals surface area (Å²) in [6.45, 7) is 1.73. The lowest BCUT2D eigenvalue weighted by atomic mass is 10.2. The fraction of sp³-hybridized carbons (Fsp3) is 0.571. The van der Waals surface area contributed by atoms with Gasteiger partial charge in [-0.15, -0.1) is 10.2 Å². The first-order valence-corrected chi connectivity index (χ1v) is 3.85. The van der Waals surface area contributed by atoms with Crippen molar-refractivity contribution in [2.75, 3.05) is 0 Å². The maximum Gasteiger partial charge on any atom is 0.238 e. The third-order valence-corrected chi connectivity index (χ3v) is 1.84. The van der Waals surface area contributed by atoms with Crippen LogP contribution in [0.2, 0.25) is 0 Å². The highest BCUT2D eigenvalue weighted by atomic mass is 16.4. The summed E-state index contributed by atoms with van der Waals surface area (Å²) in [7, 11) is 0. The molecule has 5 nitrogen and oxygen atoms in total. The Morgan fingerprint density at radius 1 is 1.58 bits per heavy atom. The first-order chi connectivity index (χ1) is 5.75. The Morgan fingerprint density at radius 2 is 2.42 bits per heavy atom. The summed E-state index contributed by atoms with van der Waals surface area (Å²) in [6, 6.07) is -0.0706. The first kappa shape index (κ1) is 7.27. The van der Waals surface area contributed by atoms with Gasteiger partial charge in [-0.25, -0.2) is 0 Å². The molecule has 1 N–H and O–H groups in total. The van der Waals surface area contributed by atoms with E-state index in [-0.39, 0.29) is 11.9 Å². The van der Waals surface area contributed by atoms with Gasteiger partial charge in [-0.2, -0.15) is 0 Å². The Balaban J connectivity index is 2.15. The monoisotopic (exact) mass is 167 g/mol. The Labute approximate surface area is 69.2 Å². The molecule has 1 aliphatic heterocycles. The van der Waals surface area contributed by atoms with Crippen LogP contribution in [0.15, 0.2) is 4.42 Å². The SMILES string of the molecule is Cc1nnc([C@H]2CCC(=O)N2)o1. The Morgan fingerprint density at radius 3 is 2.92 bits per heavy atom. The zero-order valence-electron chi connectivity index (χ0n) is 6.70. The van der Waals surface area contributed by atoms with Crippen molar-refractivity contribution < 1.29 is 9.21 Å². The van der Waals surface area contributed by atoms with Crippen LogP contribution < -0.4 is 5.32 Å². The lowest BCUT2D eigenvalue weighted by Crippen LogP contribution is -2.18. The standard InChI is InChI=1S/C7H9N3O2/c1-4-9-10-7(12-4)5-2-3-6(11)8-5/h5H,2-3H2,1H3,(H,8,11)/t5-/m1/s1. The molecule has 0 aliphatic carbocycles. The van der Waals surface area contributed by atoms with Gasteiger partial charge in [0.1, 0.15) is 6.04 Å². The van der Waals surface area contributed by atoms with Crippen molar-refractivity contribution in [3.05, 3.63) is 11.8 Å². The number of rotatable bonds is 1. The van der Waals surface area contributed by atoms with E-state index < -0.39 is 0 Å². The molecule has 1 atom stereocenters. The van der Waals surface area contributed by atoms with Gasteiger partial charge in [0.25, 0.3) is 0 Å². The molecule has 12 heavy (non-hydrogen) atoms. The molecule has 1 aromatic rings. The van der Waals surface area contributed by atoms with E-state index in [2.05, 4.69) is 15.5 Å². The number of carbonyl (C=O) groups excluding carboxylic acids is 1. The molecular formula is C7H9N3O2. The molecule has 0 unspecified atom stereocenters. The number of carbonyl (C=O) groups is 1. The minimum atomic E-state index is -0.0706. The van der Waals surface area contributed by atoms with Crippen molar-refractivity contribution in [3.63, 3.8) is 0 Å². The molecule has 1 saturated heterocycles. The first-order valence-electron chi connectivity index (χ1n) is 3.85. The number of amides is 1. The average Bonchev–Trinajstić information content (AvgIpc) is 2.58. The van der Waals surface area contributed by atoms with Crippen LogP contribution in [0.1, 0.15) is 30.7 Å². The van der Waals surface area contributed by atoms with Crippen LogP contribution in [-0.2, 0) is 4.79 Å². The smallest absolute Gasteiger partial charge is 0.238 e. The number of nitrogens with zero attached hydrogens (tertiary/aromatic N) is 2. The van der Waals surface area contributed by atoms with Crippen molar-refractivity contribution in [2.45, 2.75) is 25.8 Å². The summed E-state index contributed by atoms with van der Waals surface area (Å²) in [4.78, 5) is 10.8. The van der Waals surface area contributed by atoms with E-state index in [0.717, 1.165) is 6.42 Å². The van der Waals surface area contributed by atoms with E-state index in [1.54, 1.807) is 6.92 Å². The molecular weight excluding hydrogens is 158 g/mol. The summed E-state index contributed by atoms with van der Waals surface area (Å²) in [6.07, 6.45) is 1.30. The van der Waals surface area contributed by atoms with Gasteiger partial charge in [0.15, 0.2) is 0 Å². The average molecular weight is 167 g/mol. The van der Waals surface area contributed by atoms with E-state index in [4.69, 9.17) is 4.42 Å². The molecule has 1 fully saturated rings.